The van der Waals surface area contributed by atoms with Crippen LogP contribution in [0.4, 0.5) is 13.2 Å². The highest BCUT2D eigenvalue weighted by Crippen LogP contribution is 2.31. The molecule has 0 spiro atoms. The van der Waals surface area contributed by atoms with Gasteiger partial charge in [-0.25, -0.2) is 4.98 Å². The molecule has 244 valence electrons. The van der Waals surface area contributed by atoms with E-state index in [4.69, 9.17) is 0 Å². The number of aromatic nitrogens is 4. The van der Waals surface area contributed by atoms with Crippen molar-refractivity contribution in [2.75, 3.05) is 39.3 Å². The Labute approximate surface area is 279 Å². The highest BCUT2D eigenvalue weighted by molar-refractivity contribution is 5.94. The van der Waals surface area contributed by atoms with Crippen LogP contribution in [0.3, 0.4) is 0 Å². The molecule has 0 unspecified atom stereocenters. The molecule has 2 aromatic carbocycles. The third-order valence-electron chi connectivity index (χ3n) is 8.33. The van der Waals surface area contributed by atoms with Gasteiger partial charge in [0.15, 0.2) is 5.82 Å². The second kappa shape index (κ2) is 15.6. The highest BCUT2D eigenvalue weighted by Gasteiger charge is 2.30. The maximum absolute atomic E-state index is 13.2. The number of carbonyl (C=O) groups excluding carboxylic acids is 1. The van der Waals surface area contributed by atoms with Crippen molar-refractivity contribution in [1.29, 1.82) is 0 Å². The zero-order chi connectivity index (χ0) is 29.3. The van der Waals surface area contributed by atoms with Gasteiger partial charge in [0.1, 0.15) is 0 Å². The normalized spacial score (nSPS) is 16.5. The minimum absolute atomic E-state index is 0. The molecule has 2 aromatic heterocycles. The Hall–Kier alpha value is -2.96. The van der Waals surface area contributed by atoms with Crippen molar-refractivity contribution in [3.63, 3.8) is 0 Å². The molecule has 4 aromatic rings. The van der Waals surface area contributed by atoms with Gasteiger partial charge in [-0.05, 0) is 74.2 Å². The van der Waals surface area contributed by atoms with Gasteiger partial charge in [-0.3, -0.25) is 24.6 Å². The largest absolute Gasteiger partial charge is 0.416 e. The number of piperidine rings is 1. The van der Waals surface area contributed by atoms with Gasteiger partial charge >= 0.3 is 6.18 Å². The van der Waals surface area contributed by atoms with Crippen LogP contribution in [0.5, 0.6) is 0 Å². The lowest BCUT2D eigenvalue weighted by atomic mass is 9.89. The summed E-state index contributed by atoms with van der Waals surface area (Å²) in [6.45, 7) is 7.66. The molecule has 2 aliphatic heterocycles. The number of nitrogens with zero attached hydrogens (tertiary/aromatic N) is 6. The van der Waals surface area contributed by atoms with Crippen LogP contribution in [0.15, 0.2) is 54.9 Å². The first-order chi connectivity index (χ1) is 20.2. The van der Waals surface area contributed by atoms with Crippen molar-refractivity contribution in [1.82, 2.24) is 34.6 Å². The number of imidazole rings is 1. The van der Waals surface area contributed by atoms with E-state index in [2.05, 4.69) is 41.9 Å². The molecule has 45 heavy (non-hydrogen) atoms. The molecular weight excluding hydrogens is 650 g/mol. The van der Waals surface area contributed by atoms with E-state index in [1.54, 1.807) is 4.90 Å². The Morgan fingerprint density at radius 1 is 0.867 bits per heavy atom. The summed E-state index contributed by atoms with van der Waals surface area (Å²) in [5.41, 5.74) is 5.01. The zero-order valence-electron chi connectivity index (χ0n) is 24.8. The summed E-state index contributed by atoms with van der Waals surface area (Å²) in [6.07, 6.45) is 1.45. The van der Waals surface area contributed by atoms with E-state index in [0.717, 1.165) is 72.6 Å². The fourth-order valence-electron chi connectivity index (χ4n) is 5.85. The molecule has 0 aliphatic carbocycles. The lowest BCUT2D eigenvalue weighted by Crippen LogP contribution is -2.48. The predicted molar refractivity (Wildman–Crippen MR) is 174 cm³/mol. The van der Waals surface area contributed by atoms with E-state index in [0.29, 0.717) is 44.5 Å². The molecule has 2 aliphatic rings. The standard InChI is InChI=1S/C31H34F3N7O.3ClH/c1-21-17-36-26(18-35-21)20-39-10-8-23(9-11-39)24-4-7-27-28(16-24)38-29(37-27)30(42)41-14-12-40(13-15-41)19-22-2-5-25(6-3-22)31(32,33)34;;;/h2-7,16-18,23H,8-15,19-20H2,1H3,(H,37,38);3*1H. The Balaban J connectivity index is 0.00000184. The van der Waals surface area contributed by atoms with Gasteiger partial charge in [0.05, 0.1) is 28.0 Å². The molecule has 6 rings (SSSR count). The van der Waals surface area contributed by atoms with Crippen LogP contribution in [0, 0.1) is 6.92 Å². The van der Waals surface area contributed by atoms with Crippen LogP contribution in [-0.2, 0) is 19.3 Å². The fourth-order valence-corrected chi connectivity index (χ4v) is 5.85. The summed E-state index contributed by atoms with van der Waals surface area (Å²) in [4.78, 5) is 36.3. The summed E-state index contributed by atoms with van der Waals surface area (Å²) in [5.74, 6) is 0.664. The number of likely N-dealkylation sites (tertiary alicyclic amines) is 1. The number of halogens is 6. The van der Waals surface area contributed by atoms with Crippen LogP contribution in [0.1, 0.15) is 57.5 Å². The number of hydrogen-bond acceptors (Lipinski definition) is 6. The van der Waals surface area contributed by atoms with E-state index in [1.807, 2.05) is 25.4 Å². The number of H-pyrrole nitrogens is 1. The molecule has 1 amide bonds. The van der Waals surface area contributed by atoms with E-state index in [-0.39, 0.29) is 43.1 Å². The van der Waals surface area contributed by atoms with Gasteiger partial charge < -0.3 is 9.88 Å². The second-order valence-corrected chi connectivity index (χ2v) is 11.3. The van der Waals surface area contributed by atoms with Crippen LogP contribution in [0.25, 0.3) is 11.0 Å². The SMILES string of the molecule is Cc1cnc(CN2CCC(c3ccc4nc(C(=O)N5CCN(Cc6ccc(C(F)(F)F)cc6)CC5)[nH]c4c3)CC2)cn1.Cl.Cl.Cl. The average molecular weight is 687 g/mol. The number of hydrogen-bond donors (Lipinski definition) is 1. The van der Waals surface area contributed by atoms with E-state index in [9.17, 15) is 18.0 Å². The zero-order valence-corrected chi connectivity index (χ0v) is 27.2. The number of aryl methyl sites for hydroxylation is 1. The van der Waals surface area contributed by atoms with Gasteiger partial charge in [0.25, 0.3) is 5.91 Å². The van der Waals surface area contributed by atoms with Gasteiger partial charge in [0, 0.05) is 51.7 Å². The molecule has 0 saturated carbocycles. The Morgan fingerprint density at radius 2 is 1.53 bits per heavy atom. The number of carbonyl (C=O) groups is 1. The Kier molecular flexibility index (Phi) is 12.6. The monoisotopic (exact) mass is 685 g/mol. The van der Waals surface area contributed by atoms with E-state index >= 15 is 0 Å². The topological polar surface area (TPSA) is 81.3 Å². The fraction of sp³-hybridized carbons (Fsp3) is 0.419. The summed E-state index contributed by atoms with van der Waals surface area (Å²) in [7, 11) is 0. The summed E-state index contributed by atoms with van der Waals surface area (Å²) in [5, 5.41) is 0. The minimum Gasteiger partial charge on any atom is -0.334 e. The maximum Gasteiger partial charge on any atom is 0.416 e. The molecule has 8 nitrogen and oxygen atoms in total. The number of piperazine rings is 1. The van der Waals surface area contributed by atoms with Crippen LogP contribution in [-0.4, -0.2) is 79.8 Å². The van der Waals surface area contributed by atoms with Crippen molar-refractivity contribution >= 4 is 54.2 Å². The molecule has 0 radical (unpaired) electrons. The minimum atomic E-state index is -4.33. The van der Waals surface area contributed by atoms with E-state index < -0.39 is 11.7 Å². The average Bonchev–Trinajstić information content (AvgIpc) is 3.42. The molecule has 0 bridgehead atoms. The summed E-state index contributed by atoms with van der Waals surface area (Å²) < 4.78 is 38.5. The van der Waals surface area contributed by atoms with Gasteiger partial charge in [-0.2, -0.15) is 13.2 Å². The third kappa shape index (κ3) is 8.86. The maximum atomic E-state index is 13.2. The van der Waals surface area contributed by atoms with Crippen molar-refractivity contribution in [3.8, 4) is 0 Å². The Morgan fingerprint density at radius 3 is 2.16 bits per heavy atom. The lowest BCUT2D eigenvalue weighted by Gasteiger charge is -2.34. The predicted octanol–water partition coefficient (Wildman–Crippen LogP) is 6.28. The molecule has 2 saturated heterocycles. The van der Waals surface area contributed by atoms with Gasteiger partial charge in [0.2, 0.25) is 0 Å². The van der Waals surface area contributed by atoms with E-state index in [1.165, 1.54) is 17.7 Å². The quantitative estimate of drug-likeness (QED) is 0.257. The molecule has 14 heteroatoms. The third-order valence-corrected chi connectivity index (χ3v) is 8.33. The molecule has 0 atom stereocenters. The number of nitrogens with one attached hydrogen (secondary N) is 1. The van der Waals surface area contributed by atoms with Gasteiger partial charge in [-0.1, -0.05) is 18.2 Å². The lowest BCUT2D eigenvalue weighted by molar-refractivity contribution is -0.137. The summed E-state index contributed by atoms with van der Waals surface area (Å²) >= 11 is 0. The number of rotatable bonds is 6. The first-order valence-corrected chi connectivity index (χ1v) is 14.4. The van der Waals surface area contributed by atoms with Crippen molar-refractivity contribution in [2.45, 2.75) is 44.9 Å². The van der Waals surface area contributed by atoms with Crippen molar-refractivity contribution in [2.24, 2.45) is 0 Å². The van der Waals surface area contributed by atoms with Crippen LogP contribution in [0.2, 0.25) is 0 Å². The molecule has 1 N–H and O–H groups in total. The number of aromatic amines is 1. The molecule has 2 fully saturated rings. The first kappa shape index (κ1) is 36.5. The van der Waals surface area contributed by atoms with Gasteiger partial charge in [-0.15, -0.1) is 37.2 Å². The number of alkyl halides is 3. The molecule has 4 heterocycles. The number of amides is 1. The summed E-state index contributed by atoms with van der Waals surface area (Å²) in [6, 6.07) is 11.5. The first-order valence-electron chi connectivity index (χ1n) is 14.4. The highest BCUT2D eigenvalue weighted by atomic mass is 35.5. The number of fused-ring (bicyclic) bond motifs is 1. The van der Waals surface area contributed by atoms with Crippen LogP contribution >= 0.6 is 37.2 Å². The Bertz CT molecular complexity index is 1540. The second-order valence-electron chi connectivity index (χ2n) is 11.3. The van der Waals surface area contributed by atoms with Crippen LogP contribution < -0.4 is 0 Å². The van der Waals surface area contributed by atoms with Crippen molar-refractivity contribution in [3.05, 3.63) is 88.8 Å². The smallest absolute Gasteiger partial charge is 0.334 e. The van der Waals surface area contributed by atoms with Crippen molar-refractivity contribution < 1.29 is 18.0 Å². The number of benzene rings is 2. The molecular formula is C31H37Cl3F3N7O.